The fourth-order valence-electron chi connectivity index (χ4n) is 3.40. The van der Waals surface area contributed by atoms with E-state index in [-0.39, 0.29) is 0 Å². The highest BCUT2D eigenvalue weighted by Gasteiger charge is 2.25. The van der Waals surface area contributed by atoms with Gasteiger partial charge < -0.3 is 5.32 Å². The molecule has 1 saturated carbocycles. The molecule has 0 atom stereocenters. The zero-order valence-corrected chi connectivity index (χ0v) is 14.8. The highest BCUT2D eigenvalue weighted by molar-refractivity contribution is 5.68. The van der Waals surface area contributed by atoms with E-state index in [1.54, 1.807) is 6.20 Å². The predicted octanol–water partition coefficient (Wildman–Crippen LogP) is 4.36. The standard InChI is InChI=1S/C20H20N6/c1-12-7-13(2)9-15(8-12)16-11-19-21-5-6-26(19)20(22-16)23-18-10-17(24-25-18)14-3-4-14/h5-11,14H,3-4H2,1-2H3,(H2,22,23,24,25). The van der Waals surface area contributed by atoms with Gasteiger partial charge in [0.1, 0.15) is 5.65 Å². The van der Waals surface area contributed by atoms with Gasteiger partial charge in [-0.25, -0.2) is 9.97 Å². The first kappa shape index (κ1) is 15.1. The van der Waals surface area contributed by atoms with Gasteiger partial charge in [0.25, 0.3) is 0 Å². The zero-order chi connectivity index (χ0) is 17.7. The molecule has 1 aliphatic rings. The second kappa shape index (κ2) is 5.69. The van der Waals surface area contributed by atoms with E-state index in [0.717, 1.165) is 22.7 Å². The highest BCUT2D eigenvalue weighted by atomic mass is 15.3. The number of H-pyrrole nitrogens is 1. The quantitative estimate of drug-likeness (QED) is 0.577. The van der Waals surface area contributed by atoms with Gasteiger partial charge in [-0.1, -0.05) is 17.2 Å². The number of hydrogen-bond donors (Lipinski definition) is 2. The van der Waals surface area contributed by atoms with Crippen molar-refractivity contribution in [2.24, 2.45) is 0 Å². The lowest BCUT2D eigenvalue weighted by Crippen LogP contribution is -2.03. The van der Waals surface area contributed by atoms with Crippen LogP contribution in [-0.4, -0.2) is 24.6 Å². The molecule has 130 valence electrons. The van der Waals surface area contributed by atoms with Gasteiger partial charge in [-0.15, -0.1) is 0 Å². The molecule has 0 bridgehead atoms. The van der Waals surface area contributed by atoms with Crippen molar-refractivity contribution < 1.29 is 0 Å². The SMILES string of the molecule is Cc1cc(C)cc(-c2cc3nccn3c(Nc3cc(C4CC4)[nH]n3)n2)c1. The molecule has 0 saturated heterocycles. The van der Waals surface area contributed by atoms with Gasteiger partial charge in [0.05, 0.1) is 5.69 Å². The van der Waals surface area contributed by atoms with Crippen LogP contribution < -0.4 is 5.32 Å². The summed E-state index contributed by atoms with van der Waals surface area (Å²) in [5.74, 6) is 2.14. The predicted molar refractivity (Wildman–Crippen MR) is 102 cm³/mol. The lowest BCUT2D eigenvalue weighted by Gasteiger charge is -2.10. The van der Waals surface area contributed by atoms with Crippen molar-refractivity contribution in [2.75, 3.05) is 5.32 Å². The molecule has 1 aromatic carbocycles. The molecule has 5 rings (SSSR count). The first-order valence-corrected chi connectivity index (χ1v) is 8.91. The number of aromatic amines is 1. The van der Waals surface area contributed by atoms with E-state index in [4.69, 9.17) is 4.98 Å². The van der Waals surface area contributed by atoms with Gasteiger partial charge in [0, 0.05) is 41.7 Å². The molecule has 4 aromatic rings. The van der Waals surface area contributed by atoms with Gasteiger partial charge in [-0.2, -0.15) is 5.10 Å². The number of imidazole rings is 1. The summed E-state index contributed by atoms with van der Waals surface area (Å²) >= 11 is 0. The third-order valence-corrected chi connectivity index (χ3v) is 4.76. The van der Waals surface area contributed by atoms with Crippen LogP contribution in [-0.2, 0) is 0 Å². The molecular formula is C20H20N6. The minimum atomic E-state index is 0.640. The zero-order valence-electron chi connectivity index (χ0n) is 14.8. The summed E-state index contributed by atoms with van der Waals surface area (Å²) in [4.78, 5) is 9.30. The Morgan fingerprint density at radius 2 is 1.88 bits per heavy atom. The Labute approximate surface area is 151 Å². The number of rotatable bonds is 4. The molecule has 0 unspecified atom stereocenters. The van der Waals surface area contributed by atoms with Crippen LogP contribution in [0.15, 0.2) is 42.7 Å². The van der Waals surface area contributed by atoms with Crippen LogP contribution in [0.4, 0.5) is 11.8 Å². The molecular weight excluding hydrogens is 324 g/mol. The maximum Gasteiger partial charge on any atom is 0.214 e. The Morgan fingerprint density at radius 3 is 2.65 bits per heavy atom. The average molecular weight is 344 g/mol. The average Bonchev–Trinajstić information content (AvgIpc) is 3.15. The van der Waals surface area contributed by atoms with Crippen LogP contribution in [0.2, 0.25) is 0 Å². The van der Waals surface area contributed by atoms with Gasteiger partial charge in [0.2, 0.25) is 5.95 Å². The van der Waals surface area contributed by atoms with E-state index >= 15 is 0 Å². The van der Waals surface area contributed by atoms with Crippen LogP contribution in [0.1, 0.15) is 35.6 Å². The monoisotopic (exact) mass is 344 g/mol. The number of fused-ring (bicyclic) bond motifs is 1. The summed E-state index contributed by atoms with van der Waals surface area (Å²) < 4.78 is 1.94. The lowest BCUT2D eigenvalue weighted by molar-refractivity contribution is 0.964. The molecule has 3 heterocycles. The van der Waals surface area contributed by atoms with E-state index < -0.39 is 0 Å². The molecule has 1 aliphatic carbocycles. The van der Waals surface area contributed by atoms with Gasteiger partial charge in [-0.3, -0.25) is 9.50 Å². The van der Waals surface area contributed by atoms with Crippen molar-refractivity contribution in [1.82, 2.24) is 24.6 Å². The highest BCUT2D eigenvalue weighted by Crippen LogP contribution is 2.39. The second-order valence-corrected chi connectivity index (χ2v) is 7.10. The van der Waals surface area contributed by atoms with Gasteiger partial charge >= 0.3 is 0 Å². The topological polar surface area (TPSA) is 70.9 Å². The van der Waals surface area contributed by atoms with E-state index in [1.165, 1.54) is 29.7 Å². The normalized spacial score (nSPS) is 14.1. The maximum absolute atomic E-state index is 4.85. The second-order valence-electron chi connectivity index (χ2n) is 7.10. The summed E-state index contributed by atoms with van der Waals surface area (Å²) in [5, 5.41) is 10.9. The number of hydrogen-bond acceptors (Lipinski definition) is 4. The lowest BCUT2D eigenvalue weighted by atomic mass is 10.0. The molecule has 0 spiro atoms. The molecule has 0 radical (unpaired) electrons. The number of aromatic nitrogens is 5. The van der Waals surface area contributed by atoms with Crippen LogP contribution >= 0.6 is 0 Å². The van der Waals surface area contributed by atoms with E-state index in [1.807, 2.05) is 16.7 Å². The number of benzene rings is 1. The smallest absolute Gasteiger partial charge is 0.214 e. The number of nitrogens with zero attached hydrogens (tertiary/aromatic N) is 4. The summed E-state index contributed by atoms with van der Waals surface area (Å²) in [7, 11) is 0. The van der Waals surface area contributed by atoms with Crippen molar-refractivity contribution in [3.63, 3.8) is 0 Å². The maximum atomic E-state index is 4.85. The van der Waals surface area contributed by atoms with Gasteiger partial charge in [0.15, 0.2) is 5.82 Å². The van der Waals surface area contributed by atoms with Crippen molar-refractivity contribution >= 4 is 17.4 Å². The Hall–Kier alpha value is -3.15. The first-order chi connectivity index (χ1) is 12.7. The van der Waals surface area contributed by atoms with Crippen LogP contribution in [0.5, 0.6) is 0 Å². The molecule has 26 heavy (non-hydrogen) atoms. The number of anilines is 2. The fraction of sp³-hybridized carbons (Fsp3) is 0.250. The Kier molecular flexibility index (Phi) is 3.31. The summed E-state index contributed by atoms with van der Waals surface area (Å²) in [6, 6.07) is 10.6. The minimum absolute atomic E-state index is 0.640. The Bertz CT molecular complexity index is 1080. The Balaban J connectivity index is 1.58. The fourth-order valence-corrected chi connectivity index (χ4v) is 3.40. The summed E-state index contributed by atoms with van der Waals surface area (Å²) in [6.45, 7) is 4.21. The van der Waals surface area contributed by atoms with Crippen LogP contribution in [0, 0.1) is 13.8 Å². The molecule has 6 nitrogen and oxygen atoms in total. The first-order valence-electron chi connectivity index (χ1n) is 8.91. The third kappa shape index (κ3) is 2.73. The number of nitrogens with one attached hydrogen (secondary N) is 2. The van der Waals surface area contributed by atoms with E-state index in [0.29, 0.717) is 11.9 Å². The van der Waals surface area contributed by atoms with E-state index in [2.05, 4.69) is 58.6 Å². The third-order valence-electron chi connectivity index (χ3n) is 4.76. The molecule has 6 heteroatoms. The van der Waals surface area contributed by atoms with Crippen LogP contribution in [0.25, 0.3) is 16.9 Å². The molecule has 0 amide bonds. The molecule has 0 aliphatic heterocycles. The van der Waals surface area contributed by atoms with Crippen molar-refractivity contribution in [3.8, 4) is 11.3 Å². The minimum Gasteiger partial charge on any atom is -0.308 e. The summed E-state index contributed by atoms with van der Waals surface area (Å²) in [5.41, 5.74) is 6.49. The molecule has 3 aromatic heterocycles. The van der Waals surface area contributed by atoms with Crippen molar-refractivity contribution in [3.05, 3.63) is 59.5 Å². The van der Waals surface area contributed by atoms with Crippen molar-refractivity contribution in [2.45, 2.75) is 32.6 Å². The summed E-state index contributed by atoms with van der Waals surface area (Å²) in [6.07, 6.45) is 6.18. The molecule has 1 fully saturated rings. The Morgan fingerprint density at radius 1 is 1.08 bits per heavy atom. The van der Waals surface area contributed by atoms with Crippen LogP contribution in [0.3, 0.4) is 0 Å². The largest absolute Gasteiger partial charge is 0.308 e. The van der Waals surface area contributed by atoms with Crippen molar-refractivity contribution in [1.29, 1.82) is 0 Å². The number of aryl methyl sites for hydroxylation is 2. The van der Waals surface area contributed by atoms with Gasteiger partial charge in [-0.05, 0) is 38.8 Å². The van der Waals surface area contributed by atoms with E-state index in [9.17, 15) is 0 Å². The molecule has 2 N–H and O–H groups in total.